The van der Waals surface area contributed by atoms with Crippen LogP contribution in [0.3, 0.4) is 0 Å². The second-order valence-electron chi connectivity index (χ2n) is 6.28. The number of hydrogen-bond donors (Lipinski definition) is 1. The normalized spacial score (nSPS) is 16.4. The molecule has 0 saturated carbocycles. The summed E-state index contributed by atoms with van der Waals surface area (Å²) >= 11 is 0. The highest BCUT2D eigenvalue weighted by molar-refractivity contribution is 6.07. The molecule has 0 aromatic carbocycles. The van der Waals surface area contributed by atoms with E-state index in [2.05, 4.69) is 31.2 Å². The van der Waals surface area contributed by atoms with E-state index in [1.54, 1.807) is 15.6 Å². The lowest BCUT2D eigenvalue weighted by Gasteiger charge is -2.25. The lowest BCUT2D eigenvalue weighted by atomic mass is 9.88. The molecular weight excluding hydrogens is 268 g/mol. The van der Waals surface area contributed by atoms with Crippen LogP contribution in [0.4, 0.5) is 10.5 Å². The predicted molar refractivity (Wildman–Crippen MR) is 79.4 cm³/mol. The van der Waals surface area contributed by atoms with Crippen molar-refractivity contribution in [2.45, 2.75) is 32.6 Å². The number of aromatic nitrogens is 2. The number of imide groups is 1. The first kappa shape index (κ1) is 13.6. The molecule has 1 aliphatic heterocycles. The van der Waals surface area contributed by atoms with Crippen molar-refractivity contribution in [3.63, 3.8) is 0 Å². The number of fused-ring (bicyclic) bond motifs is 1. The van der Waals surface area contributed by atoms with Gasteiger partial charge in [-0.05, 0) is 17.0 Å². The van der Waals surface area contributed by atoms with Crippen LogP contribution in [0.5, 0.6) is 0 Å². The average molecular weight is 286 g/mol. The van der Waals surface area contributed by atoms with Gasteiger partial charge in [-0.1, -0.05) is 26.8 Å². The van der Waals surface area contributed by atoms with Gasteiger partial charge in [0, 0.05) is 19.2 Å². The van der Waals surface area contributed by atoms with Gasteiger partial charge in [-0.3, -0.25) is 15.0 Å². The summed E-state index contributed by atoms with van der Waals surface area (Å²) in [5.74, 6) is -0.234. The molecule has 6 heteroatoms. The summed E-state index contributed by atoms with van der Waals surface area (Å²) < 4.78 is 1.78. The zero-order valence-corrected chi connectivity index (χ0v) is 12.4. The van der Waals surface area contributed by atoms with Gasteiger partial charge in [0.05, 0.1) is 17.4 Å². The highest BCUT2D eigenvalue weighted by atomic mass is 16.2. The summed E-state index contributed by atoms with van der Waals surface area (Å²) in [6.45, 7) is 6.81. The fourth-order valence-electron chi connectivity index (χ4n) is 2.42. The summed E-state index contributed by atoms with van der Waals surface area (Å²) in [6, 6.07) is 3.63. The molecule has 0 atom stereocenters. The van der Waals surface area contributed by atoms with Crippen LogP contribution in [0.15, 0.2) is 24.5 Å². The number of amides is 3. The molecule has 1 fully saturated rings. The highest BCUT2D eigenvalue weighted by Gasteiger charge is 2.26. The van der Waals surface area contributed by atoms with Crippen molar-refractivity contribution >= 4 is 23.1 Å². The minimum absolute atomic E-state index is 0.0369. The van der Waals surface area contributed by atoms with E-state index in [4.69, 9.17) is 0 Å². The largest absolute Gasteiger partial charge is 0.328 e. The highest BCUT2D eigenvalue weighted by Crippen LogP contribution is 2.27. The molecule has 1 saturated heterocycles. The number of nitrogens with zero attached hydrogens (tertiary/aromatic N) is 3. The number of rotatable bonds is 1. The molecule has 6 nitrogen and oxygen atoms in total. The van der Waals surface area contributed by atoms with E-state index in [1.165, 1.54) is 5.56 Å². The zero-order chi connectivity index (χ0) is 15.2. The second kappa shape index (κ2) is 4.58. The zero-order valence-electron chi connectivity index (χ0n) is 12.4. The Labute approximate surface area is 122 Å². The molecule has 3 amide bonds. The quantitative estimate of drug-likeness (QED) is 0.872. The Bertz CT molecular complexity index is 727. The van der Waals surface area contributed by atoms with Crippen LogP contribution in [0, 0.1) is 0 Å². The molecule has 21 heavy (non-hydrogen) atoms. The number of hydrogen-bond acceptors (Lipinski definition) is 3. The Kier molecular flexibility index (Phi) is 2.97. The van der Waals surface area contributed by atoms with Crippen LogP contribution in [0.1, 0.15) is 32.8 Å². The lowest BCUT2D eigenvalue weighted by molar-refractivity contribution is -0.120. The van der Waals surface area contributed by atoms with Gasteiger partial charge in [-0.15, -0.1) is 0 Å². The van der Waals surface area contributed by atoms with E-state index in [-0.39, 0.29) is 17.4 Å². The Morgan fingerprint density at radius 2 is 2.00 bits per heavy atom. The summed E-state index contributed by atoms with van der Waals surface area (Å²) in [5.41, 5.74) is 2.78. The Balaban J connectivity index is 2.01. The Hall–Kier alpha value is -2.37. The number of anilines is 1. The van der Waals surface area contributed by atoms with Crippen LogP contribution < -0.4 is 10.2 Å². The monoisotopic (exact) mass is 286 g/mol. The van der Waals surface area contributed by atoms with Crippen LogP contribution in [-0.2, 0) is 10.2 Å². The Morgan fingerprint density at radius 1 is 1.24 bits per heavy atom. The maximum Gasteiger partial charge on any atom is 0.328 e. The molecule has 0 bridgehead atoms. The van der Waals surface area contributed by atoms with Gasteiger partial charge in [-0.25, -0.2) is 9.31 Å². The van der Waals surface area contributed by atoms with Gasteiger partial charge in [0.2, 0.25) is 5.91 Å². The predicted octanol–water partition coefficient (Wildman–Crippen LogP) is 2.08. The van der Waals surface area contributed by atoms with Crippen LogP contribution >= 0.6 is 0 Å². The molecule has 0 radical (unpaired) electrons. The van der Waals surface area contributed by atoms with Crippen molar-refractivity contribution in [3.05, 3.63) is 30.1 Å². The van der Waals surface area contributed by atoms with Crippen molar-refractivity contribution in [1.82, 2.24) is 14.9 Å². The summed E-state index contributed by atoms with van der Waals surface area (Å²) in [4.78, 5) is 24.7. The van der Waals surface area contributed by atoms with E-state index < -0.39 is 0 Å². The van der Waals surface area contributed by atoms with Crippen LogP contribution in [-0.4, -0.2) is 28.1 Å². The molecule has 110 valence electrons. The molecule has 3 rings (SSSR count). The van der Waals surface area contributed by atoms with Crippen molar-refractivity contribution in [2.75, 3.05) is 11.4 Å². The third kappa shape index (κ3) is 2.37. The smallest absolute Gasteiger partial charge is 0.290 e. The third-order valence-electron chi connectivity index (χ3n) is 3.71. The van der Waals surface area contributed by atoms with E-state index in [1.807, 2.05) is 18.3 Å². The number of urea groups is 1. The molecule has 0 spiro atoms. The maximum atomic E-state index is 11.9. The van der Waals surface area contributed by atoms with E-state index in [0.29, 0.717) is 13.0 Å². The number of pyridine rings is 1. The Morgan fingerprint density at radius 3 is 2.67 bits per heavy atom. The summed E-state index contributed by atoms with van der Waals surface area (Å²) in [5, 5.41) is 6.66. The van der Waals surface area contributed by atoms with Crippen molar-refractivity contribution < 1.29 is 9.59 Å². The minimum Gasteiger partial charge on any atom is -0.290 e. The maximum absolute atomic E-state index is 11.9. The van der Waals surface area contributed by atoms with Gasteiger partial charge in [0.1, 0.15) is 0 Å². The van der Waals surface area contributed by atoms with Crippen LogP contribution in [0.25, 0.3) is 5.52 Å². The molecule has 3 heterocycles. The SMILES string of the molecule is CC(C)(C)c1ccc2c(N3CCC(=O)NC3=O)cnn2c1. The first-order valence-corrected chi connectivity index (χ1v) is 6.95. The van der Waals surface area contributed by atoms with E-state index in [0.717, 1.165) is 11.2 Å². The standard InChI is InChI=1S/C15H18N4O2/c1-15(2,3)10-4-5-11-12(8-16-19(11)9-10)18-7-6-13(20)17-14(18)21/h4-5,8-9H,6-7H2,1-3H3,(H,17,20,21). The molecule has 2 aromatic rings. The summed E-state index contributed by atoms with van der Waals surface area (Å²) in [6.07, 6.45) is 3.95. The van der Waals surface area contributed by atoms with Crippen molar-refractivity contribution in [3.8, 4) is 0 Å². The average Bonchev–Trinajstić information content (AvgIpc) is 2.80. The van der Waals surface area contributed by atoms with Gasteiger partial charge in [0.25, 0.3) is 0 Å². The van der Waals surface area contributed by atoms with Crippen molar-refractivity contribution in [2.24, 2.45) is 0 Å². The van der Waals surface area contributed by atoms with E-state index >= 15 is 0 Å². The fourth-order valence-corrected chi connectivity index (χ4v) is 2.42. The fraction of sp³-hybridized carbons (Fsp3) is 0.400. The molecule has 1 aliphatic rings. The van der Waals surface area contributed by atoms with Gasteiger partial charge < -0.3 is 0 Å². The minimum atomic E-state index is -0.388. The molecule has 2 aromatic heterocycles. The first-order valence-electron chi connectivity index (χ1n) is 6.95. The van der Waals surface area contributed by atoms with Crippen LogP contribution in [0.2, 0.25) is 0 Å². The number of nitrogens with one attached hydrogen (secondary N) is 1. The topological polar surface area (TPSA) is 66.7 Å². The van der Waals surface area contributed by atoms with Gasteiger partial charge in [-0.2, -0.15) is 5.10 Å². The third-order valence-corrected chi connectivity index (χ3v) is 3.71. The lowest BCUT2D eigenvalue weighted by Crippen LogP contribution is -2.49. The first-order chi connectivity index (χ1) is 9.86. The molecule has 0 unspecified atom stereocenters. The second-order valence-corrected chi connectivity index (χ2v) is 6.28. The molecule has 0 aliphatic carbocycles. The number of carbonyl (C=O) groups excluding carboxylic acids is 2. The van der Waals surface area contributed by atoms with Gasteiger partial charge in [0.15, 0.2) is 0 Å². The van der Waals surface area contributed by atoms with Crippen molar-refractivity contribution in [1.29, 1.82) is 0 Å². The number of carbonyl (C=O) groups is 2. The van der Waals surface area contributed by atoms with Gasteiger partial charge >= 0.3 is 6.03 Å². The summed E-state index contributed by atoms with van der Waals surface area (Å²) in [7, 11) is 0. The molecule has 1 N–H and O–H groups in total. The van der Waals surface area contributed by atoms with E-state index in [9.17, 15) is 9.59 Å². The molecular formula is C15H18N4O2.